The largest absolute Gasteiger partial charge is 0.350 e. The summed E-state index contributed by atoms with van der Waals surface area (Å²) in [6.07, 6.45) is 3.46. The predicted molar refractivity (Wildman–Crippen MR) is 75.8 cm³/mol. The molecule has 1 atom stereocenters. The number of rotatable bonds is 0. The molecule has 1 aliphatic heterocycles. The van der Waals surface area contributed by atoms with E-state index in [0.717, 1.165) is 11.4 Å². The number of anilines is 1. The third kappa shape index (κ3) is 1.27. The third-order valence-electron chi connectivity index (χ3n) is 4.05. The number of thiocarbonyl (C=S) groups is 1. The second-order valence-electron chi connectivity index (χ2n) is 5.03. The van der Waals surface area contributed by atoms with Crippen LogP contribution < -0.4 is 5.32 Å². The SMILES string of the molecule is S=C1CC2CCc3cccc4ccc(c2c34)N1. The molecule has 0 fully saturated rings. The second-order valence-corrected chi connectivity index (χ2v) is 5.52. The van der Waals surface area contributed by atoms with Crippen LogP contribution in [0.2, 0.25) is 0 Å². The molecule has 2 heteroatoms. The van der Waals surface area contributed by atoms with Gasteiger partial charge in [0.15, 0.2) is 0 Å². The Bertz CT molecular complexity index is 645. The maximum atomic E-state index is 5.36. The minimum Gasteiger partial charge on any atom is -0.350 e. The molecular formula is C15H13NS. The third-order valence-corrected chi connectivity index (χ3v) is 4.32. The van der Waals surface area contributed by atoms with Crippen LogP contribution in [0.1, 0.15) is 29.9 Å². The van der Waals surface area contributed by atoms with Crippen molar-refractivity contribution in [2.75, 3.05) is 5.32 Å². The van der Waals surface area contributed by atoms with E-state index in [2.05, 4.69) is 35.6 Å². The lowest BCUT2D eigenvalue weighted by molar-refractivity contribution is 0.635. The quantitative estimate of drug-likeness (QED) is 0.697. The van der Waals surface area contributed by atoms with Gasteiger partial charge in [0.2, 0.25) is 0 Å². The Morgan fingerprint density at radius 1 is 1.18 bits per heavy atom. The summed E-state index contributed by atoms with van der Waals surface area (Å²) in [6.45, 7) is 0. The highest BCUT2D eigenvalue weighted by atomic mass is 32.1. The number of benzene rings is 2. The summed E-state index contributed by atoms with van der Waals surface area (Å²) in [4.78, 5) is 1.00. The minimum atomic E-state index is 0.636. The van der Waals surface area contributed by atoms with Crippen molar-refractivity contribution >= 4 is 33.7 Å². The molecule has 84 valence electrons. The number of aryl methyl sites for hydroxylation is 1. The van der Waals surface area contributed by atoms with Crippen LogP contribution in [-0.2, 0) is 6.42 Å². The Hall–Kier alpha value is -1.41. The summed E-state index contributed by atoms with van der Waals surface area (Å²) < 4.78 is 0. The molecule has 2 aromatic rings. The van der Waals surface area contributed by atoms with Crippen molar-refractivity contribution < 1.29 is 0 Å². The molecule has 17 heavy (non-hydrogen) atoms. The Morgan fingerprint density at radius 3 is 3.06 bits per heavy atom. The van der Waals surface area contributed by atoms with E-state index in [-0.39, 0.29) is 0 Å². The summed E-state index contributed by atoms with van der Waals surface area (Å²) in [5.41, 5.74) is 4.26. The Balaban J connectivity index is 2.14. The highest BCUT2D eigenvalue weighted by molar-refractivity contribution is 7.80. The Morgan fingerprint density at radius 2 is 2.12 bits per heavy atom. The van der Waals surface area contributed by atoms with Gasteiger partial charge in [-0.05, 0) is 46.7 Å². The molecule has 0 aromatic heterocycles. The smallest absolute Gasteiger partial charge is 0.0803 e. The van der Waals surface area contributed by atoms with Crippen molar-refractivity contribution in [1.29, 1.82) is 0 Å². The van der Waals surface area contributed by atoms with Crippen LogP contribution in [0.3, 0.4) is 0 Å². The molecule has 0 saturated carbocycles. The van der Waals surface area contributed by atoms with Gasteiger partial charge in [0.05, 0.1) is 4.99 Å². The molecule has 0 spiro atoms. The van der Waals surface area contributed by atoms with Crippen molar-refractivity contribution in [2.45, 2.75) is 25.2 Å². The fraction of sp³-hybridized carbons (Fsp3) is 0.267. The monoisotopic (exact) mass is 239 g/mol. The lowest BCUT2D eigenvalue weighted by Gasteiger charge is -2.32. The van der Waals surface area contributed by atoms with Gasteiger partial charge in [0.25, 0.3) is 0 Å². The standard InChI is InChI=1S/C15H13NS/c17-13-8-11-5-4-9-2-1-3-10-6-7-12(16-13)15(11)14(9)10/h1-3,6-7,11H,4-5,8H2,(H,16,17). The average molecular weight is 239 g/mol. The van der Waals surface area contributed by atoms with Crippen molar-refractivity contribution in [2.24, 2.45) is 0 Å². The van der Waals surface area contributed by atoms with Gasteiger partial charge >= 0.3 is 0 Å². The summed E-state index contributed by atoms with van der Waals surface area (Å²) in [5.74, 6) is 0.636. The second kappa shape index (κ2) is 3.30. The van der Waals surface area contributed by atoms with E-state index in [9.17, 15) is 0 Å². The summed E-state index contributed by atoms with van der Waals surface area (Å²) in [5, 5.41) is 6.23. The number of nitrogens with one attached hydrogen (secondary N) is 1. The maximum absolute atomic E-state index is 5.36. The zero-order valence-electron chi connectivity index (χ0n) is 9.49. The van der Waals surface area contributed by atoms with Gasteiger partial charge in [0, 0.05) is 12.1 Å². The molecule has 2 aliphatic rings. The average Bonchev–Trinajstić information content (AvgIpc) is 2.35. The van der Waals surface area contributed by atoms with Crippen LogP contribution in [0, 0.1) is 0 Å². The van der Waals surface area contributed by atoms with Crippen LogP contribution in [0.25, 0.3) is 10.8 Å². The summed E-state index contributed by atoms with van der Waals surface area (Å²) in [7, 11) is 0. The van der Waals surface area contributed by atoms with Crippen LogP contribution in [0.15, 0.2) is 30.3 Å². The zero-order chi connectivity index (χ0) is 11.4. The molecule has 1 unspecified atom stereocenters. The fourth-order valence-electron chi connectivity index (χ4n) is 3.33. The first-order chi connectivity index (χ1) is 8.33. The van der Waals surface area contributed by atoms with Crippen LogP contribution in [-0.4, -0.2) is 4.99 Å². The van der Waals surface area contributed by atoms with E-state index in [1.807, 2.05) is 0 Å². The molecule has 0 bridgehead atoms. The molecule has 1 N–H and O–H groups in total. The molecule has 0 amide bonds. The molecule has 4 rings (SSSR count). The van der Waals surface area contributed by atoms with E-state index < -0.39 is 0 Å². The minimum absolute atomic E-state index is 0.636. The van der Waals surface area contributed by atoms with Gasteiger partial charge in [0.1, 0.15) is 0 Å². The van der Waals surface area contributed by atoms with Crippen LogP contribution in [0.5, 0.6) is 0 Å². The zero-order valence-corrected chi connectivity index (χ0v) is 10.3. The highest BCUT2D eigenvalue weighted by Crippen LogP contribution is 2.44. The van der Waals surface area contributed by atoms with E-state index in [1.54, 1.807) is 0 Å². The first-order valence-corrected chi connectivity index (χ1v) is 6.58. The van der Waals surface area contributed by atoms with E-state index in [4.69, 9.17) is 12.2 Å². The lowest BCUT2D eigenvalue weighted by atomic mass is 9.77. The molecule has 2 aromatic carbocycles. The Kier molecular flexibility index (Phi) is 1.86. The molecule has 1 nitrogen and oxygen atoms in total. The van der Waals surface area contributed by atoms with Crippen molar-refractivity contribution in [3.8, 4) is 0 Å². The normalized spacial score (nSPS) is 21.4. The van der Waals surface area contributed by atoms with Crippen molar-refractivity contribution in [3.05, 3.63) is 41.5 Å². The maximum Gasteiger partial charge on any atom is 0.0803 e. The number of hydrogen-bond acceptors (Lipinski definition) is 1. The van der Waals surface area contributed by atoms with E-state index in [1.165, 1.54) is 40.4 Å². The first kappa shape index (κ1) is 9.60. The van der Waals surface area contributed by atoms with E-state index >= 15 is 0 Å². The Labute approximate surface area is 106 Å². The fourth-order valence-corrected chi connectivity index (χ4v) is 3.64. The summed E-state index contributed by atoms with van der Waals surface area (Å²) in [6, 6.07) is 11.1. The van der Waals surface area contributed by atoms with Gasteiger partial charge in [-0.1, -0.05) is 36.5 Å². The lowest BCUT2D eigenvalue weighted by Crippen LogP contribution is -2.24. The van der Waals surface area contributed by atoms with Crippen LogP contribution >= 0.6 is 12.2 Å². The van der Waals surface area contributed by atoms with Gasteiger partial charge in [-0.2, -0.15) is 0 Å². The van der Waals surface area contributed by atoms with Gasteiger partial charge in [-0.15, -0.1) is 0 Å². The van der Waals surface area contributed by atoms with Gasteiger partial charge < -0.3 is 5.32 Å². The van der Waals surface area contributed by atoms with Gasteiger partial charge in [-0.25, -0.2) is 0 Å². The molecular weight excluding hydrogens is 226 g/mol. The van der Waals surface area contributed by atoms with Crippen LogP contribution in [0.4, 0.5) is 5.69 Å². The molecule has 1 aliphatic carbocycles. The van der Waals surface area contributed by atoms with E-state index in [0.29, 0.717) is 5.92 Å². The van der Waals surface area contributed by atoms with Crippen molar-refractivity contribution in [1.82, 2.24) is 0 Å². The molecule has 0 saturated heterocycles. The predicted octanol–water partition coefficient (Wildman–Crippen LogP) is 4.01. The summed E-state index contributed by atoms with van der Waals surface area (Å²) >= 11 is 5.36. The number of hydrogen-bond donors (Lipinski definition) is 1. The van der Waals surface area contributed by atoms with Crippen molar-refractivity contribution in [3.63, 3.8) is 0 Å². The molecule has 0 radical (unpaired) electrons. The highest BCUT2D eigenvalue weighted by Gasteiger charge is 2.28. The first-order valence-electron chi connectivity index (χ1n) is 6.17. The van der Waals surface area contributed by atoms with Gasteiger partial charge in [-0.3, -0.25) is 0 Å². The topological polar surface area (TPSA) is 12.0 Å². The molecule has 1 heterocycles.